The van der Waals surface area contributed by atoms with Gasteiger partial charge in [-0.1, -0.05) is 19.3 Å². The van der Waals surface area contributed by atoms with Gasteiger partial charge >= 0.3 is 0 Å². The van der Waals surface area contributed by atoms with E-state index in [1.165, 1.54) is 4.31 Å². The maximum Gasteiger partial charge on any atom is 0.283 e. The van der Waals surface area contributed by atoms with Crippen LogP contribution in [0.1, 0.15) is 44.9 Å². The smallest absolute Gasteiger partial charge is 0.197 e. The number of piperidine rings is 1. The molecule has 2 fully saturated rings. The lowest BCUT2D eigenvalue weighted by Crippen LogP contribution is -2.49. The minimum atomic E-state index is -3.43. The molecule has 5 nitrogen and oxygen atoms in total. The first-order valence-electron chi connectivity index (χ1n) is 6.80. The van der Waals surface area contributed by atoms with E-state index in [0.717, 1.165) is 44.9 Å². The van der Waals surface area contributed by atoms with Crippen molar-refractivity contribution in [1.82, 2.24) is 8.61 Å². The summed E-state index contributed by atoms with van der Waals surface area (Å²) in [7, 11) is -3.43. The molecule has 0 amide bonds. The minimum Gasteiger partial charge on any atom is -0.197 e. The van der Waals surface area contributed by atoms with Crippen LogP contribution in [0.25, 0.3) is 0 Å². The standard InChI is InChI=1S/C12H21N3O2S/c13-8-11-15(12-6-2-3-7-12)18(16,17)14-9-4-1-5-10-14/h12H,1-7,9-11H2. The van der Waals surface area contributed by atoms with E-state index >= 15 is 0 Å². The number of hydrogen-bond donors (Lipinski definition) is 0. The molecular formula is C12H21N3O2S. The van der Waals surface area contributed by atoms with Crippen LogP contribution in [0, 0.1) is 11.3 Å². The molecule has 2 rings (SSSR count). The van der Waals surface area contributed by atoms with E-state index in [0.29, 0.717) is 13.1 Å². The van der Waals surface area contributed by atoms with Crippen molar-refractivity contribution < 1.29 is 8.42 Å². The van der Waals surface area contributed by atoms with E-state index < -0.39 is 10.2 Å². The molecular weight excluding hydrogens is 250 g/mol. The van der Waals surface area contributed by atoms with Crippen LogP contribution in [0.4, 0.5) is 0 Å². The van der Waals surface area contributed by atoms with Crippen LogP contribution in [0.3, 0.4) is 0 Å². The molecule has 0 N–H and O–H groups in total. The van der Waals surface area contributed by atoms with Gasteiger partial charge in [-0.15, -0.1) is 0 Å². The molecule has 1 aliphatic carbocycles. The second-order valence-corrected chi connectivity index (χ2v) is 6.99. The van der Waals surface area contributed by atoms with Crippen molar-refractivity contribution in [2.24, 2.45) is 0 Å². The van der Waals surface area contributed by atoms with Gasteiger partial charge in [-0.05, 0) is 25.7 Å². The third kappa shape index (κ3) is 2.85. The number of rotatable bonds is 4. The number of nitriles is 1. The Hall–Kier alpha value is -0.640. The van der Waals surface area contributed by atoms with Crippen molar-refractivity contribution in [3.8, 4) is 6.07 Å². The van der Waals surface area contributed by atoms with Crippen molar-refractivity contribution >= 4 is 10.2 Å². The van der Waals surface area contributed by atoms with Crippen LogP contribution < -0.4 is 0 Å². The van der Waals surface area contributed by atoms with Crippen LogP contribution >= 0.6 is 0 Å². The summed E-state index contributed by atoms with van der Waals surface area (Å²) in [6.45, 7) is 1.21. The summed E-state index contributed by atoms with van der Waals surface area (Å²) in [6, 6.07) is 2.05. The van der Waals surface area contributed by atoms with Gasteiger partial charge in [0.1, 0.15) is 6.54 Å². The Labute approximate surface area is 110 Å². The molecule has 18 heavy (non-hydrogen) atoms. The lowest BCUT2D eigenvalue weighted by atomic mass is 10.2. The molecule has 0 aromatic carbocycles. The Morgan fingerprint density at radius 2 is 1.72 bits per heavy atom. The Morgan fingerprint density at radius 1 is 1.11 bits per heavy atom. The fraction of sp³-hybridized carbons (Fsp3) is 0.917. The molecule has 0 radical (unpaired) electrons. The summed E-state index contributed by atoms with van der Waals surface area (Å²) in [5.41, 5.74) is 0. The summed E-state index contributed by atoms with van der Waals surface area (Å²) in [4.78, 5) is 0. The van der Waals surface area contributed by atoms with Gasteiger partial charge in [0.05, 0.1) is 6.07 Å². The third-order valence-electron chi connectivity index (χ3n) is 3.90. The first-order valence-corrected chi connectivity index (χ1v) is 8.20. The van der Waals surface area contributed by atoms with Gasteiger partial charge < -0.3 is 0 Å². The molecule has 1 saturated heterocycles. The maximum atomic E-state index is 12.6. The summed E-state index contributed by atoms with van der Waals surface area (Å²) in [5.74, 6) is 0. The van der Waals surface area contributed by atoms with E-state index in [1.54, 1.807) is 4.31 Å². The van der Waals surface area contributed by atoms with Crippen LogP contribution in [0.2, 0.25) is 0 Å². The second-order valence-electron chi connectivity index (χ2n) is 5.11. The highest BCUT2D eigenvalue weighted by molar-refractivity contribution is 7.86. The quantitative estimate of drug-likeness (QED) is 0.728. The van der Waals surface area contributed by atoms with E-state index in [9.17, 15) is 8.42 Å². The zero-order chi connectivity index (χ0) is 13.0. The van der Waals surface area contributed by atoms with E-state index in [-0.39, 0.29) is 12.6 Å². The molecule has 0 aromatic heterocycles. The molecule has 1 saturated carbocycles. The van der Waals surface area contributed by atoms with Crippen molar-refractivity contribution in [2.45, 2.75) is 51.0 Å². The monoisotopic (exact) mass is 271 g/mol. The molecule has 1 heterocycles. The SMILES string of the molecule is N#CCN(C1CCCC1)S(=O)(=O)N1CCCCC1. The van der Waals surface area contributed by atoms with E-state index in [4.69, 9.17) is 5.26 Å². The van der Waals surface area contributed by atoms with E-state index in [2.05, 4.69) is 0 Å². The third-order valence-corrected chi connectivity index (χ3v) is 5.93. The number of nitrogens with zero attached hydrogens (tertiary/aromatic N) is 3. The van der Waals surface area contributed by atoms with Crippen molar-refractivity contribution in [3.63, 3.8) is 0 Å². The zero-order valence-electron chi connectivity index (χ0n) is 10.7. The van der Waals surface area contributed by atoms with Gasteiger partial charge in [0.25, 0.3) is 10.2 Å². The molecule has 102 valence electrons. The lowest BCUT2D eigenvalue weighted by Gasteiger charge is -2.33. The largest absolute Gasteiger partial charge is 0.283 e. The Bertz CT molecular complexity index is 404. The average Bonchev–Trinajstić information content (AvgIpc) is 2.90. The topological polar surface area (TPSA) is 64.4 Å². The summed E-state index contributed by atoms with van der Waals surface area (Å²) >= 11 is 0. The average molecular weight is 271 g/mol. The first-order chi connectivity index (χ1) is 8.66. The van der Waals surface area contributed by atoms with Gasteiger partial charge in [0, 0.05) is 19.1 Å². The Kier molecular flexibility index (Phi) is 4.60. The fourth-order valence-corrected chi connectivity index (χ4v) is 4.73. The molecule has 1 aliphatic heterocycles. The summed E-state index contributed by atoms with van der Waals surface area (Å²) < 4.78 is 28.1. The van der Waals surface area contributed by atoms with E-state index in [1.807, 2.05) is 6.07 Å². The molecule has 0 aromatic rings. The highest BCUT2D eigenvalue weighted by Gasteiger charge is 2.36. The van der Waals surface area contributed by atoms with Crippen molar-refractivity contribution in [3.05, 3.63) is 0 Å². The number of hydrogen-bond acceptors (Lipinski definition) is 3. The second kappa shape index (κ2) is 6.00. The molecule has 0 spiro atoms. The van der Waals surface area contributed by atoms with Gasteiger partial charge in [0.15, 0.2) is 0 Å². The highest BCUT2D eigenvalue weighted by atomic mass is 32.2. The predicted octanol–water partition coefficient (Wildman–Crippen LogP) is 1.49. The van der Waals surface area contributed by atoms with Crippen LogP contribution in [0.5, 0.6) is 0 Å². The molecule has 0 unspecified atom stereocenters. The Balaban J connectivity index is 2.14. The maximum absolute atomic E-state index is 12.6. The highest BCUT2D eigenvalue weighted by Crippen LogP contribution is 2.27. The van der Waals surface area contributed by atoms with Crippen molar-refractivity contribution in [2.75, 3.05) is 19.6 Å². The molecule has 0 bridgehead atoms. The molecule has 0 atom stereocenters. The van der Waals surface area contributed by atoms with Crippen LogP contribution in [0.15, 0.2) is 0 Å². The van der Waals surface area contributed by atoms with Crippen molar-refractivity contribution in [1.29, 1.82) is 5.26 Å². The first kappa shape index (κ1) is 13.8. The summed E-state index contributed by atoms with van der Waals surface area (Å²) in [6.07, 6.45) is 6.91. The van der Waals surface area contributed by atoms with Gasteiger partial charge in [-0.25, -0.2) is 0 Å². The fourth-order valence-electron chi connectivity index (χ4n) is 2.90. The lowest BCUT2D eigenvalue weighted by molar-refractivity contribution is 0.280. The summed E-state index contributed by atoms with van der Waals surface area (Å²) in [5, 5.41) is 8.88. The minimum absolute atomic E-state index is 0.0104. The molecule has 2 aliphatic rings. The van der Waals surface area contributed by atoms with Gasteiger partial charge in [0.2, 0.25) is 0 Å². The predicted molar refractivity (Wildman–Crippen MR) is 68.9 cm³/mol. The van der Waals surface area contributed by atoms with Crippen LogP contribution in [-0.2, 0) is 10.2 Å². The van der Waals surface area contributed by atoms with Gasteiger partial charge in [-0.2, -0.15) is 22.3 Å². The normalized spacial score (nSPS) is 23.3. The molecule has 6 heteroatoms. The zero-order valence-corrected chi connectivity index (χ0v) is 11.5. The van der Waals surface area contributed by atoms with Crippen LogP contribution in [-0.4, -0.2) is 42.7 Å². The van der Waals surface area contributed by atoms with Gasteiger partial charge in [-0.3, -0.25) is 0 Å². The Morgan fingerprint density at radius 3 is 2.28 bits per heavy atom.